The summed E-state index contributed by atoms with van der Waals surface area (Å²) in [5.74, 6) is 0. The molecule has 15 heavy (non-hydrogen) atoms. The van der Waals surface area contributed by atoms with Gasteiger partial charge >= 0.3 is 0 Å². The van der Waals surface area contributed by atoms with Gasteiger partial charge in [-0.3, -0.25) is 5.10 Å². The third-order valence-electron chi connectivity index (χ3n) is 2.23. The monoisotopic (exact) mass is 210 g/mol. The molecule has 86 valence electrons. The second kappa shape index (κ2) is 7.43. The minimum Gasteiger partial charge on any atom is -0.316 e. The van der Waals surface area contributed by atoms with E-state index in [1.807, 2.05) is 0 Å². The number of nitrogens with zero attached hydrogens (tertiary/aromatic N) is 1. The van der Waals surface area contributed by atoms with Crippen molar-refractivity contribution >= 4 is 0 Å². The normalized spacial score (nSPS) is 10.8. The van der Waals surface area contributed by atoms with Crippen LogP contribution in [-0.4, -0.2) is 29.8 Å². The first-order chi connectivity index (χ1) is 7.36. The molecule has 0 bridgehead atoms. The number of nitrogens with one attached hydrogen (secondary N) is 3. The Morgan fingerprint density at radius 3 is 2.80 bits per heavy atom. The van der Waals surface area contributed by atoms with Crippen LogP contribution in [-0.2, 0) is 13.0 Å². The number of aryl methyl sites for hydroxylation is 1. The molecule has 1 heterocycles. The van der Waals surface area contributed by atoms with E-state index in [2.05, 4.69) is 40.7 Å². The Kier molecular flexibility index (Phi) is 6.04. The van der Waals surface area contributed by atoms with E-state index in [-0.39, 0.29) is 0 Å². The third kappa shape index (κ3) is 4.95. The summed E-state index contributed by atoms with van der Waals surface area (Å²) in [5, 5.41) is 13.9. The SMILES string of the molecule is CCCc1cc(CNCCNCC)[nH]n1. The molecular formula is C11H22N4. The summed E-state index contributed by atoms with van der Waals surface area (Å²) in [5.41, 5.74) is 2.34. The van der Waals surface area contributed by atoms with Crippen LogP contribution in [0.3, 0.4) is 0 Å². The molecule has 0 aromatic carbocycles. The van der Waals surface area contributed by atoms with E-state index < -0.39 is 0 Å². The maximum Gasteiger partial charge on any atom is 0.0625 e. The summed E-state index contributed by atoms with van der Waals surface area (Å²) in [6.45, 7) is 8.21. The zero-order chi connectivity index (χ0) is 10.9. The highest BCUT2D eigenvalue weighted by atomic mass is 15.1. The highest BCUT2D eigenvalue weighted by molar-refractivity contribution is 5.08. The molecule has 0 saturated carbocycles. The quantitative estimate of drug-likeness (QED) is 0.562. The van der Waals surface area contributed by atoms with Gasteiger partial charge in [0.15, 0.2) is 0 Å². The summed E-state index contributed by atoms with van der Waals surface area (Å²) in [6, 6.07) is 2.14. The van der Waals surface area contributed by atoms with Crippen LogP contribution in [0, 0.1) is 0 Å². The smallest absolute Gasteiger partial charge is 0.0625 e. The first-order valence-electron chi connectivity index (χ1n) is 5.81. The number of rotatable bonds is 8. The van der Waals surface area contributed by atoms with E-state index in [0.717, 1.165) is 39.0 Å². The van der Waals surface area contributed by atoms with Crippen LogP contribution in [0.2, 0.25) is 0 Å². The first-order valence-corrected chi connectivity index (χ1v) is 5.81. The number of hydrogen-bond donors (Lipinski definition) is 3. The minimum absolute atomic E-state index is 0.877. The molecule has 0 aliphatic rings. The van der Waals surface area contributed by atoms with Crippen LogP contribution in [0.5, 0.6) is 0 Å². The number of hydrogen-bond acceptors (Lipinski definition) is 3. The van der Waals surface area contributed by atoms with Crippen molar-refractivity contribution in [3.05, 3.63) is 17.5 Å². The Bertz CT molecular complexity index is 257. The van der Waals surface area contributed by atoms with Crippen LogP contribution in [0.15, 0.2) is 6.07 Å². The van der Waals surface area contributed by atoms with Gasteiger partial charge in [0, 0.05) is 25.3 Å². The van der Waals surface area contributed by atoms with Gasteiger partial charge in [-0.2, -0.15) is 5.10 Å². The molecule has 0 saturated heterocycles. The molecule has 0 atom stereocenters. The molecule has 1 aromatic rings. The van der Waals surface area contributed by atoms with Crippen LogP contribution in [0.25, 0.3) is 0 Å². The molecular weight excluding hydrogens is 188 g/mol. The molecule has 0 unspecified atom stereocenters. The molecule has 4 heteroatoms. The lowest BCUT2D eigenvalue weighted by molar-refractivity contribution is 0.618. The van der Waals surface area contributed by atoms with Crippen molar-refractivity contribution in [2.45, 2.75) is 33.2 Å². The fourth-order valence-electron chi connectivity index (χ4n) is 1.46. The van der Waals surface area contributed by atoms with E-state index >= 15 is 0 Å². The van der Waals surface area contributed by atoms with E-state index in [9.17, 15) is 0 Å². The summed E-state index contributed by atoms with van der Waals surface area (Å²) in [7, 11) is 0. The summed E-state index contributed by atoms with van der Waals surface area (Å²) in [6.07, 6.45) is 2.21. The average Bonchev–Trinajstić information content (AvgIpc) is 2.66. The van der Waals surface area contributed by atoms with Crippen LogP contribution in [0.4, 0.5) is 0 Å². The summed E-state index contributed by atoms with van der Waals surface area (Å²) in [4.78, 5) is 0. The maximum absolute atomic E-state index is 4.24. The lowest BCUT2D eigenvalue weighted by Gasteiger charge is -2.02. The van der Waals surface area contributed by atoms with Crippen molar-refractivity contribution in [1.82, 2.24) is 20.8 Å². The number of aromatic nitrogens is 2. The van der Waals surface area contributed by atoms with Gasteiger partial charge < -0.3 is 10.6 Å². The standard InChI is InChI=1S/C11H22N4/c1-3-5-10-8-11(15-14-10)9-13-7-6-12-4-2/h8,12-13H,3-7,9H2,1-2H3,(H,14,15). The fraction of sp³-hybridized carbons (Fsp3) is 0.727. The molecule has 1 rings (SSSR count). The van der Waals surface area contributed by atoms with Gasteiger partial charge in [0.25, 0.3) is 0 Å². The van der Waals surface area contributed by atoms with Gasteiger partial charge in [0.05, 0.1) is 5.69 Å². The molecule has 0 spiro atoms. The first kappa shape index (κ1) is 12.2. The summed E-state index contributed by atoms with van der Waals surface area (Å²) >= 11 is 0. The molecule has 1 aromatic heterocycles. The van der Waals surface area contributed by atoms with Gasteiger partial charge in [0.1, 0.15) is 0 Å². The second-order valence-electron chi connectivity index (χ2n) is 3.66. The fourth-order valence-corrected chi connectivity index (χ4v) is 1.46. The Labute approximate surface area is 91.8 Å². The summed E-state index contributed by atoms with van der Waals surface area (Å²) < 4.78 is 0. The van der Waals surface area contributed by atoms with Crippen molar-refractivity contribution in [3.8, 4) is 0 Å². The highest BCUT2D eigenvalue weighted by Crippen LogP contribution is 2.01. The minimum atomic E-state index is 0.877. The molecule has 0 fully saturated rings. The van der Waals surface area contributed by atoms with Crippen LogP contribution in [0.1, 0.15) is 31.7 Å². The molecule has 0 aliphatic heterocycles. The van der Waals surface area contributed by atoms with E-state index in [1.54, 1.807) is 0 Å². The largest absolute Gasteiger partial charge is 0.316 e. The zero-order valence-electron chi connectivity index (χ0n) is 9.77. The lowest BCUT2D eigenvalue weighted by Crippen LogP contribution is -2.26. The van der Waals surface area contributed by atoms with Crippen molar-refractivity contribution < 1.29 is 0 Å². The number of likely N-dealkylation sites (N-methyl/N-ethyl adjacent to an activating group) is 1. The predicted molar refractivity (Wildman–Crippen MR) is 62.8 cm³/mol. The zero-order valence-corrected chi connectivity index (χ0v) is 9.77. The number of H-pyrrole nitrogens is 1. The Hall–Kier alpha value is -0.870. The average molecular weight is 210 g/mol. The second-order valence-corrected chi connectivity index (χ2v) is 3.66. The Morgan fingerprint density at radius 2 is 2.07 bits per heavy atom. The van der Waals surface area contributed by atoms with Crippen molar-refractivity contribution in [2.24, 2.45) is 0 Å². The predicted octanol–water partition coefficient (Wildman–Crippen LogP) is 1.06. The van der Waals surface area contributed by atoms with E-state index in [1.165, 1.54) is 11.4 Å². The molecule has 0 radical (unpaired) electrons. The maximum atomic E-state index is 4.24. The van der Waals surface area contributed by atoms with Crippen molar-refractivity contribution in [3.63, 3.8) is 0 Å². The van der Waals surface area contributed by atoms with E-state index in [4.69, 9.17) is 0 Å². The lowest BCUT2D eigenvalue weighted by atomic mass is 10.2. The van der Waals surface area contributed by atoms with E-state index in [0.29, 0.717) is 0 Å². The van der Waals surface area contributed by atoms with Gasteiger partial charge in [-0.05, 0) is 19.0 Å². The Balaban J connectivity index is 2.14. The molecule has 4 nitrogen and oxygen atoms in total. The number of aromatic amines is 1. The van der Waals surface area contributed by atoms with Crippen LogP contribution < -0.4 is 10.6 Å². The van der Waals surface area contributed by atoms with Crippen LogP contribution >= 0.6 is 0 Å². The molecule has 3 N–H and O–H groups in total. The molecule has 0 amide bonds. The van der Waals surface area contributed by atoms with Crippen molar-refractivity contribution in [2.75, 3.05) is 19.6 Å². The van der Waals surface area contributed by atoms with Crippen molar-refractivity contribution in [1.29, 1.82) is 0 Å². The topological polar surface area (TPSA) is 52.7 Å². The third-order valence-corrected chi connectivity index (χ3v) is 2.23. The molecule has 0 aliphatic carbocycles. The van der Waals surface area contributed by atoms with Gasteiger partial charge in [-0.25, -0.2) is 0 Å². The Morgan fingerprint density at radius 1 is 1.27 bits per heavy atom. The van der Waals surface area contributed by atoms with Gasteiger partial charge in [0.2, 0.25) is 0 Å². The van der Waals surface area contributed by atoms with Gasteiger partial charge in [-0.1, -0.05) is 20.3 Å². The highest BCUT2D eigenvalue weighted by Gasteiger charge is 1.98. The van der Waals surface area contributed by atoms with Gasteiger partial charge in [-0.15, -0.1) is 0 Å².